The summed E-state index contributed by atoms with van der Waals surface area (Å²) in [4.78, 5) is 59.7. The van der Waals surface area contributed by atoms with Gasteiger partial charge in [0.05, 0.1) is 25.8 Å². The number of benzene rings is 4. The van der Waals surface area contributed by atoms with Gasteiger partial charge in [-0.05, 0) is 42.3 Å². The van der Waals surface area contributed by atoms with Gasteiger partial charge < -0.3 is 14.4 Å². The second kappa shape index (κ2) is 12.3. The molecule has 0 N–H and O–H groups in total. The standard InChI is InChI=1S/C38H30ClNO6/c1-23-13-20-27(21-14-23)40-30(22-15-24-9-5-4-6-10-24)38(34(41)28-11-7-8-12-29(28)35(38)42)32(25-16-18-26(39)19-17-25)31(36(43)45-2)33(40)37(44)46-3/h4-22,30,32H,1-3H3/b22-15+. The number of carbonyl (C=O) groups excluding carboxylic acids is 4. The molecule has 0 saturated heterocycles. The summed E-state index contributed by atoms with van der Waals surface area (Å²) in [6, 6.07) is 28.8. The maximum absolute atomic E-state index is 15.1. The van der Waals surface area contributed by atoms with Crippen LogP contribution in [0.2, 0.25) is 5.02 Å². The van der Waals surface area contributed by atoms with E-state index in [1.807, 2.05) is 55.5 Å². The Labute approximate surface area is 271 Å². The number of esters is 2. The van der Waals surface area contributed by atoms with E-state index in [1.54, 1.807) is 71.6 Å². The molecule has 4 aromatic rings. The molecule has 46 heavy (non-hydrogen) atoms. The molecule has 0 bridgehead atoms. The lowest BCUT2D eigenvalue weighted by Gasteiger charge is -2.50. The van der Waals surface area contributed by atoms with Crippen molar-refractivity contribution >= 4 is 46.9 Å². The summed E-state index contributed by atoms with van der Waals surface area (Å²) >= 11 is 6.29. The molecule has 8 heteroatoms. The van der Waals surface area contributed by atoms with Gasteiger partial charge in [-0.25, -0.2) is 9.59 Å². The van der Waals surface area contributed by atoms with E-state index >= 15 is 9.59 Å². The zero-order chi connectivity index (χ0) is 32.6. The van der Waals surface area contributed by atoms with Crippen molar-refractivity contribution < 1.29 is 28.7 Å². The molecule has 4 aromatic carbocycles. The Kier molecular flexibility index (Phi) is 8.19. The fourth-order valence-electron chi connectivity index (χ4n) is 6.68. The van der Waals surface area contributed by atoms with Gasteiger partial charge in [-0.1, -0.05) is 108 Å². The third-order valence-corrected chi connectivity index (χ3v) is 8.97. The van der Waals surface area contributed by atoms with Gasteiger partial charge in [-0.3, -0.25) is 9.59 Å². The monoisotopic (exact) mass is 631 g/mol. The first-order chi connectivity index (χ1) is 22.2. The molecule has 6 rings (SSSR count). The number of carbonyl (C=O) groups is 4. The number of methoxy groups -OCH3 is 2. The number of Topliss-reactive ketones (excluding diaryl/α,β-unsaturated/α-hetero) is 2. The number of ether oxygens (including phenoxy) is 2. The van der Waals surface area contributed by atoms with Crippen molar-refractivity contribution in [3.63, 3.8) is 0 Å². The lowest BCUT2D eigenvalue weighted by atomic mass is 9.58. The van der Waals surface area contributed by atoms with Crippen molar-refractivity contribution in [2.45, 2.75) is 18.9 Å². The average molecular weight is 632 g/mol. The quantitative estimate of drug-likeness (QED) is 0.167. The summed E-state index contributed by atoms with van der Waals surface area (Å²) in [6.45, 7) is 1.92. The average Bonchev–Trinajstić information content (AvgIpc) is 3.30. The fourth-order valence-corrected chi connectivity index (χ4v) is 6.81. The minimum Gasteiger partial charge on any atom is -0.466 e. The molecule has 1 aliphatic carbocycles. The number of aryl methyl sites for hydroxylation is 1. The van der Waals surface area contributed by atoms with Gasteiger partial charge in [0.15, 0.2) is 11.6 Å². The van der Waals surface area contributed by atoms with E-state index < -0.39 is 40.9 Å². The molecule has 0 fully saturated rings. The van der Waals surface area contributed by atoms with Crippen LogP contribution in [0.1, 0.15) is 43.3 Å². The number of hydrogen-bond acceptors (Lipinski definition) is 7. The van der Waals surface area contributed by atoms with Crippen LogP contribution >= 0.6 is 11.6 Å². The molecule has 0 aromatic heterocycles. The first kappa shape index (κ1) is 30.7. The van der Waals surface area contributed by atoms with Crippen LogP contribution in [0.15, 0.2) is 120 Å². The van der Waals surface area contributed by atoms with E-state index in [9.17, 15) is 9.59 Å². The molecule has 2 atom stereocenters. The van der Waals surface area contributed by atoms with E-state index in [1.165, 1.54) is 14.2 Å². The zero-order valence-corrected chi connectivity index (χ0v) is 26.2. The van der Waals surface area contributed by atoms with Crippen LogP contribution < -0.4 is 4.90 Å². The van der Waals surface area contributed by atoms with Crippen molar-refractivity contribution in [3.05, 3.63) is 153 Å². The highest BCUT2D eigenvalue weighted by Gasteiger charge is 2.68. The van der Waals surface area contributed by atoms with Crippen molar-refractivity contribution in [1.29, 1.82) is 0 Å². The van der Waals surface area contributed by atoms with Crippen LogP contribution in [-0.2, 0) is 19.1 Å². The highest BCUT2D eigenvalue weighted by atomic mass is 35.5. The van der Waals surface area contributed by atoms with E-state index in [-0.39, 0.29) is 22.4 Å². The SMILES string of the molecule is COC(=O)C1=C(C(=O)OC)N(c2ccc(C)cc2)C(/C=C/c2ccccc2)C2(C(=O)c3ccccc3C2=O)C1c1ccc(Cl)cc1. The van der Waals surface area contributed by atoms with Gasteiger partial charge in [-0.15, -0.1) is 0 Å². The summed E-state index contributed by atoms with van der Waals surface area (Å²) < 4.78 is 10.6. The van der Waals surface area contributed by atoms with Gasteiger partial charge in [0.1, 0.15) is 11.1 Å². The Morgan fingerprint density at radius 1 is 0.761 bits per heavy atom. The van der Waals surface area contributed by atoms with E-state index in [0.717, 1.165) is 11.1 Å². The molecule has 2 aliphatic rings. The van der Waals surface area contributed by atoms with Gasteiger partial charge in [-0.2, -0.15) is 0 Å². The largest absolute Gasteiger partial charge is 0.466 e. The topological polar surface area (TPSA) is 90.0 Å². The minimum absolute atomic E-state index is 0.136. The van der Waals surface area contributed by atoms with E-state index in [0.29, 0.717) is 16.3 Å². The fraction of sp³-hybridized carbons (Fsp3) is 0.158. The molecule has 230 valence electrons. The number of rotatable bonds is 6. The molecule has 1 aliphatic heterocycles. The summed E-state index contributed by atoms with van der Waals surface area (Å²) in [5, 5.41) is 0.416. The molecule has 0 saturated carbocycles. The van der Waals surface area contributed by atoms with Crippen molar-refractivity contribution in [1.82, 2.24) is 0 Å². The Morgan fingerprint density at radius 2 is 1.33 bits per heavy atom. The van der Waals surface area contributed by atoms with Crippen LogP contribution in [0.3, 0.4) is 0 Å². The zero-order valence-electron chi connectivity index (χ0n) is 25.4. The van der Waals surface area contributed by atoms with Gasteiger partial charge in [0, 0.05) is 27.8 Å². The number of halogens is 1. The molecule has 0 amide bonds. The highest BCUT2D eigenvalue weighted by molar-refractivity contribution is 6.32. The summed E-state index contributed by atoms with van der Waals surface area (Å²) in [6.07, 6.45) is 3.57. The Balaban J connectivity index is 1.80. The maximum atomic E-state index is 15.1. The van der Waals surface area contributed by atoms with Crippen LogP contribution in [-0.4, -0.2) is 43.8 Å². The van der Waals surface area contributed by atoms with Crippen LogP contribution in [0.5, 0.6) is 0 Å². The number of ketones is 2. The maximum Gasteiger partial charge on any atom is 0.355 e. The first-order valence-corrected chi connectivity index (χ1v) is 15.1. The molecule has 2 unspecified atom stereocenters. The first-order valence-electron chi connectivity index (χ1n) is 14.7. The van der Waals surface area contributed by atoms with Gasteiger partial charge in [0.25, 0.3) is 0 Å². The van der Waals surface area contributed by atoms with Crippen LogP contribution in [0.4, 0.5) is 5.69 Å². The van der Waals surface area contributed by atoms with Crippen LogP contribution in [0.25, 0.3) is 6.08 Å². The smallest absolute Gasteiger partial charge is 0.355 e. The summed E-state index contributed by atoms with van der Waals surface area (Å²) in [5.74, 6) is -3.91. The minimum atomic E-state index is -1.95. The lowest BCUT2D eigenvalue weighted by molar-refractivity contribution is -0.140. The number of nitrogens with zero attached hydrogens (tertiary/aromatic N) is 1. The second-order valence-corrected chi connectivity index (χ2v) is 11.7. The summed E-state index contributed by atoms with van der Waals surface area (Å²) in [5.41, 5.74) is 0.875. The Morgan fingerprint density at radius 3 is 1.89 bits per heavy atom. The molecular formula is C38H30ClNO6. The predicted molar refractivity (Wildman–Crippen MR) is 176 cm³/mol. The predicted octanol–water partition coefficient (Wildman–Crippen LogP) is 7.00. The molecular weight excluding hydrogens is 602 g/mol. The normalized spacial score (nSPS) is 18.7. The number of fused-ring (bicyclic) bond motifs is 1. The van der Waals surface area contributed by atoms with E-state index in [2.05, 4.69) is 0 Å². The number of hydrogen-bond donors (Lipinski definition) is 0. The summed E-state index contributed by atoms with van der Waals surface area (Å²) in [7, 11) is 2.41. The molecule has 0 radical (unpaired) electrons. The third kappa shape index (κ3) is 4.84. The molecule has 1 heterocycles. The Bertz CT molecular complexity index is 1880. The van der Waals surface area contributed by atoms with E-state index in [4.69, 9.17) is 21.1 Å². The Hall–Kier alpha value is -5.27. The number of anilines is 1. The molecule has 1 spiro atoms. The van der Waals surface area contributed by atoms with Crippen molar-refractivity contribution in [2.75, 3.05) is 19.1 Å². The molecule has 7 nitrogen and oxygen atoms in total. The lowest BCUT2D eigenvalue weighted by Crippen LogP contribution is -2.61. The van der Waals surface area contributed by atoms with Crippen molar-refractivity contribution in [2.24, 2.45) is 5.41 Å². The van der Waals surface area contributed by atoms with Crippen LogP contribution in [0, 0.1) is 12.3 Å². The second-order valence-electron chi connectivity index (χ2n) is 11.2. The highest BCUT2D eigenvalue weighted by Crippen LogP contribution is 2.59. The van der Waals surface area contributed by atoms with Gasteiger partial charge >= 0.3 is 11.9 Å². The van der Waals surface area contributed by atoms with Crippen molar-refractivity contribution in [3.8, 4) is 0 Å². The third-order valence-electron chi connectivity index (χ3n) is 8.72. The van der Waals surface area contributed by atoms with Gasteiger partial charge in [0.2, 0.25) is 0 Å².